The summed E-state index contributed by atoms with van der Waals surface area (Å²) in [6, 6.07) is 11.8. The molecule has 3 N–H and O–H groups in total. The number of carbonyl (C=O) groups excluding carboxylic acids is 1. The summed E-state index contributed by atoms with van der Waals surface area (Å²) in [4.78, 5) is 37.6. The van der Waals surface area contributed by atoms with Crippen LogP contribution in [-0.2, 0) is 4.74 Å². The number of nitrogens with zero attached hydrogens (tertiary/aromatic N) is 6. The Hall–Kier alpha value is -4.00. The van der Waals surface area contributed by atoms with Crippen LogP contribution in [0.25, 0.3) is 11.5 Å². The maximum atomic E-state index is 12.6. The highest BCUT2D eigenvalue weighted by Crippen LogP contribution is 2.24. The summed E-state index contributed by atoms with van der Waals surface area (Å²) in [5.74, 6) is 1.71. The number of anilines is 4. The van der Waals surface area contributed by atoms with Gasteiger partial charge in [0.05, 0.1) is 5.69 Å². The summed E-state index contributed by atoms with van der Waals surface area (Å²) in [6.45, 7) is 9.25. The van der Waals surface area contributed by atoms with Crippen molar-refractivity contribution in [3.8, 4) is 11.5 Å². The van der Waals surface area contributed by atoms with Gasteiger partial charge in [-0.15, -0.1) is 11.3 Å². The number of hydrogen-bond acceptors (Lipinski definition) is 12. The summed E-state index contributed by atoms with van der Waals surface area (Å²) in [5, 5.41) is 11.7. The third-order valence-corrected chi connectivity index (χ3v) is 6.93. The molecule has 4 aromatic heterocycles. The predicted molar refractivity (Wildman–Crippen MR) is 152 cm³/mol. The predicted octanol–water partition coefficient (Wildman–Crippen LogP) is 4.02. The lowest BCUT2D eigenvalue weighted by Crippen LogP contribution is -2.54. The lowest BCUT2D eigenvalue weighted by atomic mass is 10.1. The molecule has 202 valence electrons. The Morgan fingerprint density at radius 3 is 2.62 bits per heavy atom. The lowest BCUT2D eigenvalue weighted by molar-refractivity contribution is 0.0442. The summed E-state index contributed by atoms with van der Waals surface area (Å²) < 4.78 is 5.52. The number of piperazine rings is 1. The van der Waals surface area contributed by atoms with E-state index in [4.69, 9.17) is 4.74 Å². The maximum Gasteiger partial charge on any atom is 0.348 e. The van der Waals surface area contributed by atoms with Crippen molar-refractivity contribution < 1.29 is 9.53 Å². The Morgan fingerprint density at radius 1 is 1.05 bits per heavy atom. The van der Waals surface area contributed by atoms with E-state index in [1.54, 1.807) is 30.6 Å². The SMILES string of the molecule is Cc1cccc(-c2nccc(Nc3ccnc(Nc4csc(C(=O)OCCN5C[C@@H](C)N[C@@H](C)C5)c4)n3)n2)n1. The van der Waals surface area contributed by atoms with E-state index < -0.39 is 0 Å². The Labute approximate surface area is 231 Å². The maximum absolute atomic E-state index is 12.6. The van der Waals surface area contributed by atoms with E-state index in [0.717, 1.165) is 25.3 Å². The molecule has 0 bridgehead atoms. The molecule has 0 radical (unpaired) electrons. The van der Waals surface area contributed by atoms with Gasteiger partial charge in [-0.1, -0.05) is 6.07 Å². The molecule has 2 atom stereocenters. The zero-order chi connectivity index (χ0) is 27.2. The van der Waals surface area contributed by atoms with Crippen molar-refractivity contribution in [2.24, 2.45) is 0 Å². The Morgan fingerprint density at radius 2 is 1.82 bits per heavy atom. The summed E-state index contributed by atoms with van der Waals surface area (Å²) in [7, 11) is 0. The monoisotopic (exact) mass is 545 g/mol. The first-order valence-corrected chi connectivity index (χ1v) is 13.7. The number of rotatable bonds is 9. The molecule has 1 fully saturated rings. The molecule has 11 nitrogen and oxygen atoms in total. The number of nitrogens with one attached hydrogen (secondary N) is 3. The van der Waals surface area contributed by atoms with Crippen LogP contribution in [0.3, 0.4) is 0 Å². The minimum Gasteiger partial charge on any atom is -0.460 e. The van der Waals surface area contributed by atoms with Gasteiger partial charge in [0.25, 0.3) is 0 Å². The van der Waals surface area contributed by atoms with Crippen LogP contribution in [0, 0.1) is 6.92 Å². The first-order valence-electron chi connectivity index (χ1n) is 12.8. The van der Waals surface area contributed by atoms with E-state index in [1.807, 2.05) is 30.5 Å². The number of aromatic nitrogens is 5. The Balaban J connectivity index is 1.16. The molecule has 12 heteroatoms. The topological polar surface area (TPSA) is 130 Å². The molecule has 0 aliphatic carbocycles. The molecule has 4 aromatic rings. The summed E-state index contributed by atoms with van der Waals surface area (Å²) in [6.07, 6.45) is 3.31. The van der Waals surface area contributed by atoms with Gasteiger partial charge in [0, 0.05) is 55.2 Å². The minimum atomic E-state index is -0.330. The molecular weight excluding hydrogens is 514 g/mol. The quantitative estimate of drug-likeness (QED) is 0.264. The highest BCUT2D eigenvalue weighted by atomic mass is 32.1. The van der Waals surface area contributed by atoms with Gasteiger partial charge in [-0.05, 0) is 51.1 Å². The van der Waals surface area contributed by atoms with Crippen molar-refractivity contribution >= 4 is 40.6 Å². The van der Waals surface area contributed by atoms with E-state index in [-0.39, 0.29) is 5.97 Å². The number of esters is 1. The van der Waals surface area contributed by atoms with Gasteiger partial charge >= 0.3 is 5.97 Å². The molecule has 0 unspecified atom stereocenters. The molecule has 5 rings (SSSR count). The van der Waals surface area contributed by atoms with E-state index in [9.17, 15) is 4.79 Å². The van der Waals surface area contributed by atoms with Crippen LogP contribution in [0.4, 0.5) is 23.3 Å². The average Bonchev–Trinajstić information content (AvgIpc) is 3.37. The van der Waals surface area contributed by atoms with Crippen molar-refractivity contribution in [3.05, 3.63) is 64.7 Å². The van der Waals surface area contributed by atoms with Gasteiger partial charge in [0.1, 0.15) is 28.8 Å². The van der Waals surface area contributed by atoms with E-state index in [0.29, 0.717) is 58.4 Å². The van der Waals surface area contributed by atoms with Crippen LogP contribution in [-0.4, -0.2) is 74.1 Å². The first kappa shape index (κ1) is 26.6. The van der Waals surface area contributed by atoms with Crippen molar-refractivity contribution in [3.63, 3.8) is 0 Å². The molecule has 1 aliphatic rings. The molecule has 0 saturated carbocycles. The van der Waals surface area contributed by atoms with E-state index in [2.05, 4.69) is 59.6 Å². The molecule has 5 heterocycles. The smallest absolute Gasteiger partial charge is 0.348 e. The third-order valence-electron chi connectivity index (χ3n) is 6.02. The fourth-order valence-corrected chi connectivity index (χ4v) is 5.17. The first-order chi connectivity index (χ1) is 18.9. The summed E-state index contributed by atoms with van der Waals surface area (Å²) >= 11 is 1.32. The van der Waals surface area contributed by atoms with Gasteiger partial charge in [-0.2, -0.15) is 4.98 Å². The van der Waals surface area contributed by atoms with Gasteiger partial charge < -0.3 is 20.7 Å². The lowest BCUT2D eigenvalue weighted by Gasteiger charge is -2.35. The van der Waals surface area contributed by atoms with Crippen molar-refractivity contribution in [1.82, 2.24) is 35.1 Å². The average molecular weight is 546 g/mol. The largest absolute Gasteiger partial charge is 0.460 e. The Kier molecular flexibility index (Phi) is 8.35. The van der Waals surface area contributed by atoms with Gasteiger partial charge in [0.2, 0.25) is 5.95 Å². The van der Waals surface area contributed by atoms with Gasteiger partial charge in [0.15, 0.2) is 5.82 Å². The second-order valence-corrected chi connectivity index (χ2v) is 10.4. The highest BCUT2D eigenvalue weighted by Gasteiger charge is 2.21. The molecule has 1 saturated heterocycles. The second-order valence-electron chi connectivity index (χ2n) is 9.51. The number of aryl methyl sites for hydroxylation is 1. The zero-order valence-corrected chi connectivity index (χ0v) is 22.9. The molecule has 0 aromatic carbocycles. The number of carbonyl (C=O) groups is 1. The number of pyridine rings is 1. The van der Waals surface area contributed by atoms with Crippen LogP contribution in [0.1, 0.15) is 29.2 Å². The van der Waals surface area contributed by atoms with Crippen molar-refractivity contribution in [2.75, 3.05) is 36.9 Å². The fraction of sp³-hybridized carbons (Fsp3) is 0.333. The second kappa shape index (κ2) is 12.2. The molecule has 1 aliphatic heterocycles. The standard InChI is InChI=1S/C27H31N9O2S/c1-17-5-4-6-21(31-17)25-28-9-7-23(34-25)33-24-8-10-29-27(35-24)32-20-13-22(39-16-20)26(37)38-12-11-36-14-18(2)30-19(3)15-36/h4-10,13,16,18-19,30H,11-12,14-15H2,1-3H3,(H2,28,29,32,33,34,35)/t18-,19+. The fourth-order valence-electron chi connectivity index (χ4n) is 4.44. The number of ether oxygens (including phenoxy) is 1. The zero-order valence-electron chi connectivity index (χ0n) is 22.1. The molecule has 0 spiro atoms. The highest BCUT2D eigenvalue weighted by molar-refractivity contribution is 7.12. The van der Waals surface area contributed by atoms with Crippen LogP contribution in [0.5, 0.6) is 0 Å². The normalized spacial score (nSPS) is 17.5. The molecular formula is C27H31N9O2S. The molecule has 39 heavy (non-hydrogen) atoms. The van der Waals surface area contributed by atoms with Crippen molar-refractivity contribution in [1.29, 1.82) is 0 Å². The van der Waals surface area contributed by atoms with Gasteiger partial charge in [-0.25, -0.2) is 24.7 Å². The molecule has 0 amide bonds. The van der Waals surface area contributed by atoms with Crippen LogP contribution >= 0.6 is 11.3 Å². The third kappa shape index (κ3) is 7.31. The number of hydrogen-bond donors (Lipinski definition) is 3. The minimum absolute atomic E-state index is 0.330. The number of thiophene rings is 1. The van der Waals surface area contributed by atoms with Crippen molar-refractivity contribution in [2.45, 2.75) is 32.9 Å². The van der Waals surface area contributed by atoms with E-state index >= 15 is 0 Å². The van der Waals surface area contributed by atoms with Gasteiger partial charge in [-0.3, -0.25) is 4.90 Å². The van der Waals surface area contributed by atoms with Crippen LogP contribution in [0.2, 0.25) is 0 Å². The van der Waals surface area contributed by atoms with E-state index in [1.165, 1.54) is 11.3 Å². The Bertz CT molecular complexity index is 1420. The van der Waals surface area contributed by atoms with Crippen LogP contribution < -0.4 is 16.0 Å². The summed E-state index contributed by atoms with van der Waals surface area (Å²) in [5.41, 5.74) is 2.30. The van der Waals surface area contributed by atoms with Crippen LogP contribution in [0.15, 0.2) is 54.2 Å².